The SMILES string of the molecule is C[C@H](Nc1ncc2nc(-c3c(F)cccc3Cl)n(CC3CCNC3)c2n1)c1ccccc1. The van der Waals surface area contributed by atoms with Crippen molar-refractivity contribution < 1.29 is 4.39 Å². The van der Waals surface area contributed by atoms with Crippen molar-refractivity contribution in [2.75, 3.05) is 18.4 Å². The molecule has 164 valence electrons. The lowest BCUT2D eigenvalue weighted by atomic mass is 10.1. The first-order valence-corrected chi connectivity index (χ1v) is 11.2. The Morgan fingerprint density at radius 1 is 1.19 bits per heavy atom. The zero-order valence-corrected chi connectivity index (χ0v) is 18.5. The molecule has 4 aromatic rings. The number of rotatable bonds is 6. The molecule has 8 heteroatoms. The number of hydrogen-bond acceptors (Lipinski definition) is 5. The second-order valence-electron chi connectivity index (χ2n) is 8.18. The van der Waals surface area contributed by atoms with Crippen LogP contribution in [-0.2, 0) is 6.54 Å². The highest BCUT2D eigenvalue weighted by Crippen LogP contribution is 2.33. The van der Waals surface area contributed by atoms with Crippen LogP contribution in [0.3, 0.4) is 0 Å². The van der Waals surface area contributed by atoms with Gasteiger partial charge >= 0.3 is 0 Å². The second kappa shape index (κ2) is 8.84. The number of nitrogens with one attached hydrogen (secondary N) is 2. The number of imidazole rings is 1. The Labute approximate surface area is 190 Å². The normalized spacial score (nSPS) is 17.0. The van der Waals surface area contributed by atoms with E-state index in [1.165, 1.54) is 6.07 Å². The highest BCUT2D eigenvalue weighted by Gasteiger charge is 2.24. The zero-order valence-electron chi connectivity index (χ0n) is 17.7. The van der Waals surface area contributed by atoms with Crippen molar-refractivity contribution in [1.82, 2.24) is 24.8 Å². The summed E-state index contributed by atoms with van der Waals surface area (Å²) in [4.78, 5) is 13.9. The molecule has 0 spiro atoms. The van der Waals surface area contributed by atoms with E-state index in [4.69, 9.17) is 21.6 Å². The fraction of sp³-hybridized carbons (Fsp3) is 0.292. The molecule has 2 aromatic carbocycles. The summed E-state index contributed by atoms with van der Waals surface area (Å²) < 4.78 is 16.8. The highest BCUT2D eigenvalue weighted by atomic mass is 35.5. The van der Waals surface area contributed by atoms with Crippen molar-refractivity contribution in [3.8, 4) is 11.4 Å². The standard InChI is InChI=1S/C24H24ClFN6/c1-15(17-6-3-2-4-7-17)29-24-28-13-20-22(31-24)32(14-16-10-11-27-12-16)23(30-20)21-18(25)8-5-9-19(21)26/h2-9,13,15-16,27H,10-12,14H2,1H3,(H,28,29,31)/t15-,16?/m0/s1. The van der Waals surface area contributed by atoms with Crippen molar-refractivity contribution in [2.45, 2.75) is 25.9 Å². The third-order valence-electron chi connectivity index (χ3n) is 5.92. The minimum Gasteiger partial charge on any atom is -0.348 e. The van der Waals surface area contributed by atoms with Crippen LogP contribution in [0.1, 0.15) is 24.9 Å². The van der Waals surface area contributed by atoms with Crippen molar-refractivity contribution in [1.29, 1.82) is 0 Å². The molecule has 1 aliphatic heterocycles. The van der Waals surface area contributed by atoms with Crippen LogP contribution in [0.2, 0.25) is 5.02 Å². The average molecular weight is 451 g/mol. The van der Waals surface area contributed by atoms with Crippen LogP contribution in [0, 0.1) is 11.7 Å². The summed E-state index contributed by atoms with van der Waals surface area (Å²) in [5.41, 5.74) is 2.72. The molecular weight excluding hydrogens is 427 g/mol. The number of aromatic nitrogens is 4. The summed E-state index contributed by atoms with van der Waals surface area (Å²) >= 11 is 6.39. The first kappa shape index (κ1) is 20.8. The Morgan fingerprint density at radius 2 is 2.03 bits per heavy atom. The maximum Gasteiger partial charge on any atom is 0.225 e. The molecule has 3 heterocycles. The van der Waals surface area contributed by atoms with Crippen LogP contribution in [0.25, 0.3) is 22.6 Å². The van der Waals surface area contributed by atoms with Crippen LogP contribution in [0.15, 0.2) is 54.7 Å². The fourth-order valence-corrected chi connectivity index (χ4v) is 4.46. The number of fused-ring (bicyclic) bond motifs is 1. The molecule has 0 radical (unpaired) electrons. The van der Waals surface area contributed by atoms with Crippen molar-refractivity contribution in [3.63, 3.8) is 0 Å². The van der Waals surface area contributed by atoms with E-state index in [-0.39, 0.29) is 6.04 Å². The maximum absolute atomic E-state index is 14.8. The van der Waals surface area contributed by atoms with Gasteiger partial charge in [-0.25, -0.2) is 14.4 Å². The molecule has 1 fully saturated rings. The van der Waals surface area contributed by atoms with Gasteiger partial charge in [-0.05, 0) is 50.0 Å². The third-order valence-corrected chi connectivity index (χ3v) is 6.24. The second-order valence-corrected chi connectivity index (χ2v) is 8.59. The van der Waals surface area contributed by atoms with Gasteiger partial charge in [0.1, 0.15) is 17.2 Å². The summed E-state index contributed by atoms with van der Waals surface area (Å²) in [6, 6.07) is 14.8. The van der Waals surface area contributed by atoms with Crippen LogP contribution < -0.4 is 10.6 Å². The Morgan fingerprint density at radius 3 is 2.78 bits per heavy atom. The van der Waals surface area contributed by atoms with Gasteiger partial charge in [-0.1, -0.05) is 48.0 Å². The van der Waals surface area contributed by atoms with Gasteiger partial charge in [0.2, 0.25) is 5.95 Å². The maximum atomic E-state index is 14.8. The third kappa shape index (κ3) is 4.06. The van der Waals surface area contributed by atoms with Crippen LogP contribution >= 0.6 is 11.6 Å². The molecule has 2 N–H and O–H groups in total. The number of benzene rings is 2. The van der Waals surface area contributed by atoms with E-state index in [2.05, 4.69) is 34.7 Å². The topological polar surface area (TPSA) is 67.7 Å². The molecule has 0 bridgehead atoms. The number of halogens is 2. The molecule has 0 saturated carbocycles. The minimum atomic E-state index is -0.400. The van der Waals surface area contributed by atoms with Gasteiger partial charge in [0.15, 0.2) is 5.65 Å². The Kier molecular flexibility index (Phi) is 5.76. The van der Waals surface area contributed by atoms with Gasteiger partial charge in [-0.15, -0.1) is 0 Å². The van der Waals surface area contributed by atoms with Gasteiger partial charge in [0.25, 0.3) is 0 Å². The number of hydrogen-bond donors (Lipinski definition) is 2. The zero-order chi connectivity index (χ0) is 22.1. The van der Waals surface area contributed by atoms with E-state index in [9.17, 15) is 4.39 Å². The van der Waals surface area contributed by atoms with Crippen LogP contribution in [0.4, 0.5) is 10.3 Å². The lowest BCUT2D eigenvalue weighted by molar-refractivity contribution is 0.489. The largest absolute Gasteiger partial charge is 0.348 e. The summed E-state index contributed by atoms with van der Waals surface area (Å²) in [5.74, 6) is 0.997. The minimum absolute atomic E-state index is 0.0320. The molecule has 32 heavy (non-hydrogen) atoms. The Balaban J connectivity index is 1.58. The van der Waals surface area contributed by atoms with E-state index in [1.54, 1.807) is 18.3 Å². The Hall–Kier alpha value is -3.03. The first-order valence-electron chi connectivity index (χ1n) is 10.8. The molecule has 0 aliphatic carbocycles. The van der Waals surface area contributed by atoms with Gasteiger partial charge in [-0.2, -0.15) is 4.98 Å². The van der Waals surface area contributed by atoms with E-state index >= 15 is 0 Å². The van der Waals surface area contributed by atoms with E-state index < -0.39 is 5.82 Å². The van der Waals surface area contributed by atoms with E-state index in [0.717, 1.165) is 25.1 Å². The van der Waals surface area contributed by atoms with Crippen molar-refractivity contribution in [2.24, 2.45) is 5.92 Å². The lowest BCUT2D eigenvalue weighted by Crippen LogP contribution is -2.16. The van der Waals surface area contributed by atoms with E-state index in [0.29, 0.717) is 46.0 Å². The predicted octanol–water partition coefficient (Wildman–Crippen LogP) is 5.07. The van der Waals surface area contributed by atoms with Gasteiger partial charge in [0, 0.05) is 6.54 Å². The van der Waals surface area contributed by atoms with Crippen LogP contribution in [0.5, 0.6) is 0 Å². The van der Waals surface area contributed by atoms with Crippen LogP contribution in [-0.4, -0.2) is 32.6 Å². The highest BCUT2D eigenvalue weighted by molar-refractivity contribution is 6.33. The monoisotopic (exact) mass is 450 g/mol. The van der Waals surface area contributed by atoms with Crippen molar-refractivity contribution in [3.05, 3.63) is 71.1 Å². The summed E-state index contributed by atoms with van der Waals surface area (Å²) in [7, 11) is 0. The average Bonchev–Trinajstić information content (AvgIpc) is 3.43. The number of anilines is 1. The first-order chi connectivity index (χ1) is 15.6. The smallest absolute Gasteiger partial charge is 0.225 e. The quantitative estimate of drug-likeness (QED) is 0.429. The van der Waals surface area contributed by atoms with E-state index in [1.807, 2.05) is 22.8 Å². The number of nitrogens with zero attached hydrogens (tertiary/aromatic N) is 4. The fourth-order valence-electron chi connectivity index (χ4n) is 4.21. The molecule has 2 aromatic heterocycles. The van der Waals surface area contributed by atoms with Gasteiger partial charge < -0.3 is 15.2 Å². The molecule has 2 atom stereocenters. The Bertz CT molecular complexity index is 1220. The molecule has 1 aliphatic rings. The summed E-state index contributed by atoms with van der Waals surface area (Å²) in [5, 5.41) is 7.09. The summed E-state index contributed by atoms with van der Waals surface area (Å²) in [6.45, 7) is 4.62. The lowest BCUT2D eigenvalue weighted by Gasteiger charge is -2.16. The summed E-state index contributed by atoms with van der Waals surface area (Å²) in [6.07, 6.45) is 2.73. The van der Waals surface area contributed by atoms with Crippen molar-refractivity contribution >= 4 is 28.7 Å². The molecule has 1 saturated heterocycles. The molecule has 6 nitrogen and oxygen atoms in total. The molecular formula is C24H24ClFN6. The molecule has 1 unspecified atom stereocenters. The van der Waals surface area contributed by atoms with Gasteiger partial charge in [-0.3, -0.25) is 0 Å². The molecule has 5 rings (SSSR count). The van der Waals surface area contributed by atoms with Gasteiger partial charge in [0.05, 0.1) is 22.8 Å². The predicted molar refractivity (Wildman–Crippen MR) is 125 cm³/mol. The molecule has 0 amide bonds.